The highest BCUT2D eigenvalue weighted by molar-refractivity contribution is 5.75. The molecule has 7 nitrogen and oxygen atoms in total. The number of hydrogen-bond donors (Lipinski definition) is 1. The van der Waals surface area contributed by atoms with E-state index in [1.165, 1.54) is 11.0 Å². The van der Waals surface area contributed by atoms with Gasteiger partial charge in [0.05, 0.1) is 12.7 Å². The number of tetrazole rings is 1. The largest absolute Gasteiger partial charge is 0.374 e. The summed E-state index contributed by atoms with van der Waals surface area (Å²) in [6, 6.07) is 7.96. The Morgan fingerprint density at radius 1 is 1.38 bits per heavy atom. The van der Waals surface area contributed by atoms with E-state index < -0.39 is 0 Å². The van der Waals surface area contributed by atoms with Crippen molar-refractivity contribution in [2.45, 2.75) is 39.6 Å². The standard InChI is InChI=1S/C14H19N5O2/c1-11(2)21-9-13-5-3-4-12(6-13)7-15-14(20)8-19-10-16-17-18-19/h3-6,10-11H,7-9H2,1-2H3,(H,15,20). The molecule has 2 aromatic rings. The maximum atomic E-state index is 11.7. The summed E-state index contributed by atoms with van der Waals surface area (Å²) in [7, 11) is 0. The summed E-state index contributed by atoms with van der Waals surface area (Å²) in [5, 5.41) is 13.4. The Morgan fingerprint density at radius 3 is 2.90 bits per heavy atom. The van der Waals surface area contributed by atoms with Gasteiger partial charge in [0.25, 0.3) is 0 Å². The Morgan fingerprint density at radius 2 is 2.19 bits per heavy atom. The summed E-state index contributed by atoms with van der Waals surface area (Å²) in [5.41, 5.74) is 2.13. The summed E-state index contributed by atoms with van der Waals surface area (Å²) >= 11 is 0. The molecule has 0 aliphatic carbocycles. The van der Waals surface area contributed by atoms with Gasteiger partial charge < -0.3 is 10.1 Å². The van der Waals surface area contributed by atoms with Gasteiger partial charge >= 0.3 is 0 Å². The van der Waals surface area contributed by atoms with Crippen molar-refractivity contribution in [3.63, 3.8) is 0 Å². The molecule has 0 fully saturated rings. The minimum absolute atomic E-state index is 0.114. The van der Waals surface area contributed by atoms with E-state index in [2.05, 4.69) is 20.8 Å². The zero-order chi connectivity index (χ0) is 15.1. The van der Waals surface area contributed by atoms with E-state index in [0.29, 0.717) is 13.2 Å². The molecule has 1 N–H and O–H groups in total. The number of benzene rings is 1. The normalized spacial score (nSPS) is 10.8. The molecule has 0 aliphatic rings. The highest BCUT2D eigenvalue weighted by Gasteiger charge is 2.04. The van der Waals surface area contributed by atoms with Gasteiger partial charge in [0.1, 0.15) is 12.9 Å². The van der Waals surface area contributed by atoms with Crippen LogP contribution in [0.5, 0.6) is 0 Å². The number of hydrogen-bond acceptors (Lipinski definition) is 5. The zero-order valence-electron chi connectivity index (χ0n) is 12.2. The second-order valence-electron chi connectivity index (χ2n) is 4.96. The zero-order valence-corrected chi connectivity index (χ0v) is 12.2. The van der Waals surface area contributed by atoms with Gasteiger partial charge in [-0.25, -0.2) is 4.68 Å². The van der Waals surface area contributed by atoms with E-state index in [1.54, 1.807) is 0 Å². The maximum absolute atomic E-state index is 11.7. The SMILES string of the molecule is CC(C)OCc1cccc(CNC(=O)Cn2cnnn2)c1. The first-order valence-corrected chi connectivity index (χ1v) is 6.80. The predicted octanol–water partition coefficient (Wildman–Crippen LogP) is 0.914. The summed E-state index contributed by atoms with van der Waals surface area (Å²) in [6.45, 7) is 5.16. The summed E-state index contributed by atoms with van der Waals surface area (Å²) in [4.78, 5) is 11.7. The molecule has 21 heavy (non-hydrogen) atoms. The molecular formula is C14H19N5O2. The van der Waals surface area contributed by atoms with Crippen molar-refractivity contribution in [3.8, 4) is 0 Å². The second-order valence-corrected chi connectivity index (χ2v) is 4.96. The molecule has 0 atom stereocenters. The lowest BCUT2D eigenvalue weighted by molar-refractivity contribution is -0.122. The van der Waals surface area contributed by atoms with E-state index in [0.717, 1.165) is 11.1 Å². The topological polar surface area (TPSA) is 81.9 Å². The molecule has 0 bridgehead atoms. The van der Waals surface area contributed by atoms with Crippen LogP contribution in [0.1, 0.15) is 25.0 Å². The minimum Gasteiger partial charge on any atom is -0.374 e. The van der Waals surface area contributed by atoms with Gasteiger partial charge in [-0.05, 0) is 35.4 Å². The van der Waals surface area contributed by atoms with Crippen LogP contribution in [0, 0.1) is 0 Å². The molecule has 1 aromatic heterocycles. The van der Waals surface area contributed by atoms with Crippen molar-refractivity contribution >= 4 is 5.91 Å². The van der Waals surface area contributed by atoms with Crippen LogP contribution in [0.15, 0.2) is 30.6 Å². The molecule has 0 saturated heterocycles. The molecule has 1 heterocycles. The summed E-state index contributed by atoms with van der Waals surface area (Å²) in [5.74, 6) is -0.133. The van der Waals surface area contributed by atoms with Crippen LogP contribution in [-0.4, -0.2) is 32.2 Å². The number of ether oxygens (including phenoxy) is 1. The molecule has 1 amide bonds. The van der Waals surface area contributed by atoms with Gasteiger partial charge in [-0.2, -0.15) is 0 Å². The van der Waals surface area contributed by atoms with Gasteiger partial charge in [0.15, 0.2) is 0 Å². The molecule has 0 spiro atoms. The van der Waals surface area contributed by atoms with Gasteiger partial charge in [-0.3, -0.25) is 4.79 Å². The van der Waals surface area contributed by atoms with Crippen molar-refractivity contribution in [2.24, 2.45) is 0 Å². The molecular weight excluding hydrogens is 270 g/mol. The van der Waals surface area contributed by atoms with Crippen LogP contribution in [0.4, 0.5) is 0 Å². The first-order chi connectivity index (χ1) is 10.1. The number of nitrogens with zero attached hydrogens (tertiary/aromatic N) is 4. The smallest absolute Gasteiger partial charge is 0.242 e. The van der Waals surface area contributed by atoms with Crippen molar-refractivity contribution in [1.82, 2.24) is 25.5 Å². The number of rotatable bonds is 7. The third-order valence-electron chi connectivity index (χ3n) is 2.76. The van der Waals surface area contributed by atoms with Crippen LogP contribution in [-0.2, 0) is 29.2 Å². The average Bonchev–Trinajstić information content (AvgIpc) is 2.96. The number of aromatic nitrogens is 4. The fraction of sp³-hybridized carbons (Fsp3) is 0.429. The summed E-state index contributed by atoms with van der Waals surface area (Å²) in [6.07, 6.45) is 1.60. The molecule has 0 saturated carbocycles. The van der Waals surface area contributed by atoms with Gasteiger partial charge in [-0.1, -0.05) is 24.3 Å². The molecule has 1 aromatic carbocycles. The minimum atomic E-state index is -0.133. The number of carbonyl (C=O) groups excluding carboxylic acids is 1. The average molecular weight is 289 g/mol. The maximum Gasteiger partial charge on any atom is 0.242 e. The van der Waals surface area contributed by atoms with Gasteiger partial charge in [-0.15, -0.1) is 5.10 Å². The Labute approximate surface area is 123 Å². The molecule has 0 radical (unpaired) electrons. The van der Waals surface area contributed by atoms with E-state index in [9.17, 15) is 4.79 Å². The second kappa shape index (κ2) is 7.49. The van der Waals surface area contributed by atoms with Crippen LogP contribution in [0.3, 0.4) is 0 Å². The Bertz CT molecular complexity index is 569. The Hall–Kier alpha value is -2.28. The molecule has 112 valence electrons. The van der Waals surface area contributed by atoms with Crippen LogP contribution in [0.2, 0.25) is 0 Å². The van der Waals surface area contributed by atoms with Crippen molar-refractivity contribution in [3.05, 3.63) is 41.7 Å². The molecule has 2 rings (SSSR count). The third kappa shape index (κ3) is 5.31. The Kier molecular flexibility index (Phi) is 5.39. The van der Waals surface area contributed by atoms with Crippen LogP contribution in [0.25, 0.3) is 0 Å². The van der Waals surface area contributed by atoms with Crippen molar-refractivity contribution in [1.29, 1.82) is 0 Å². The lowest BCUT2D eigenvalue weighted by Gasteiger charge is -2.09. The molecule has 0 aliphatic heterocycles. The van der Waals surface area contributed by atoms with Crippen LogP contribution < -0.4 is 5.32 Å². The van der Waals surface area contributed by atoms with E-state index in [1.807, 2.05) is 38.1 Å². The first-order valence-electron chi connectivity index (χ1n) is 6.80. The van der Waals surface area contributed by atoms with Crippen LogP contribution >= 0.6 is 0 Å². The fourth-order valence-electron chi connectivity index (χ4n) is 1.75. The highest BCUT2D eigenvalue weighted by atomic mass is 16.5. The number of amides is 1. The lowest BCUT2D eigenvalue weighted by atomic mass is 10.1. The van der Waals surface area contributed by atoms with Gasteiger partial charge in [0.2, 0.25) is 5.91 Å². The summed E-state index contributed by atoms with van der Waals surface area (Å²) < 4.78 is 6.94. The van der Waals surface area contributed by atoms with Crippen molar-refractivity contribution in [2.75, 3.05) is 0 Å². The lowest BCUT2D eigenvalue weighted by Crippen LogP contribution is -2.27. The third-order valence-corrected chi connectivity index (χ3v) is 2.76. The fourth-order valence-corrected chi connectivity index (χ4v) is 1.75. The number of carbonyl (C=O) groups is 1. The predicted molar refractivity (Wildman–Crippen MR) is 76.0 cm³/mol. The number of nitrogens with one attached hydrogen (secondary N) is 1. The highest BCUT2D eigenvalue weighted by Crippen LogP contribution is 2.07. The van der Waals surface area contributed by atoms with Crippen molar-refractivity contribution < 1.29 is 9.53 Å². The van der Waals surface area contributed by atoms with Gasteiger partial charge in [0, 0.05) is 6.54 Å². The van der Waals surface area contributed by atoms with E-state index in [4.69, 9.17) is 4.74 Å². The molecule has 7 heteroatoms. The first kappa shape index (κ1) is 15.1. The van der Waals surface area contributed by atoms with E-state index in [-0.39, 0.29) is 18.6 Å². The quantitative estimate of drug-likeness (QED) is 0.819. The monoisotopic (exact) mass is 289 g/mol. The van der Waals surface area contributed by atoms with E-state index >= 15 is 0 Å². The molecule has 0 unspecified atom stereocenters. The Balaban J connectivity index is 1.82.